The van der Waals surface area contributed by atoms with E-state index in [1.807, 2.05) is 13.1 Å². The Hall–Kier alpha value is -0.870. The van der Waals surface area contributed by atoms with Crippen molar-refractivity contribution in [3.05, 3.63) is 18.0 Å². The lowest BCUT2D eigenvalue weighted by Crippen LogP contribution is -2.30. The minimum absolute atomic E-state index is 0.0775. The van der Waals surface area contributed by atoms with E-state index in [-0.39, 0.29) is 12.0 Å². The van der Waals surface area contributed by atoms with E-state index in [1.54, 1.807) is 10.9 Å². The summed E-state index contributed by atoms with van der Waals surface area (Å²) in [5, 5.41) is 25.3. The summed E-state index contributed by atoms with van der Waals surface area (Å²) >= 11 is 0. The van der Waals surface area contributed by atoms with Crippen molar-refractivity contribution >= 4 is 0 Å². The van der Waals surface area contributed by atoms with Gasteiger partial charge < -0.3 is 5.11 Å². The number of aromatic nitrogens is 2. The molecule has 4 nitrogen and oxygen atoms in total. The number of nitrogens with zero attached hydrogens (tertiary/aromatic N) is 2. The van der Waals surface area contributed by atoms with E-state index in [0.29, 0.717) is 19.3 Å². The van der Waals surface area contributed by atoms with Crippen LogP contribution in [-0.2, 0) is 12.2 Å². The number of aliphatic hydroxyl groups is 1. The van der Waals surface area contributed by atoms with E-state index in [1.165, 1.54) is 0 Å². The summed E-state index contributed by atoms with van der Waals surface area (Å²) in [5.41, 5.74) is 0.948. The highest BCUT2D eigenvalue weighted by molar-refractivity contribution is 5.11. The molecule has 0 amide bonds. The molecule has 0 saturated heterocycles. The van der Waals surface area contributed by atoms with Crippen molar-refractivity contribution in [2.75, 3.05) is 0 Å². The van der Waals surface area contributed by atoms with Crippen LogP contribution in [0, 0.1) is 0 Å². The molecule has 77 valence electrons. The fraction of sp³-hybridized carbons (Fsp3) is 0.700. The molecule has 2 rings (SSSR count). The third-order valence-electron chi connectivity index (χ3n) is 3.00. The lowest BCUT2D eigenvalue weighted by atomic mass is 9.82. The van der Waals surface area contributed by atoms with Crippen molar-refractivity contribution in [1.82, 2.24) is 9.78 Å². The van der Waals surface area contributed by atoms with Gasteiger partial charge in [-0.2, -0.15) is 5.10 Å². The Morgan fingerprint density at radius 3 is 3.00 bits per heavy atom. The highest BCUT2D eigenvalue weighted by atomic mass is 16.3. The molecular weight excluding hydrogens is 180 g/mol. The molecule has 3 atom stereocenters. The zero-order valence-electron chi connectivity index (χ0n) is 8.26. The van der Waals surface area contributed by atoms with Gasteiger partial charge in [0.25, 0.3) is 0 Å². The van der Waals surface area contributed by atoms with Gasteiger partial charge in [0.05, 0.1) is 6.10 Å². The number of hydrogen-bond donors (Lipinski definition) is 1. The van der Waals surface area contributed by atoms with Crippen LogP contribution in [0.2, 0.25) is 0 Å². The number of rotatable bonds is 1. The first kappa shape index (κ1) is 9.68. The maximum Gasteiger partial charge on any atom is 0.101 e. The number of aryl methyl sites for hydroxylation is 1. The van der Waals surface area contributed by atoms with E-state index < -0.39 is 6.10 Å². The van der Waals surface area contributed by atoms with E-state index >= 15 is 0 Å². The van der Waals surface area contributed by atoms with Gasteiger partial charge in [-0.25, -0.2) is 5.11 Å². The summed E-state index contributed by atoms with van der Waals surface area (Å²) in [7, 11) is 1.84. The predicted octanol–water partition coefficient (Wildman–Crippen LogP) is 0.848. The number of hydrogen-bond acceptors (Lipinski definition) is 2. The van der Waals surface area contributed by atoms with Crippen molar-refractivity contribution in [1.29, 1.82) is 0 Å². The quantitative estimate of drug-likeness (QED) is 0.722. The molecule has 1 fully saturated rings. The van der Waals surface area contributed by atoms with Gasteiger partial charge in [-0.05, 0) is 25.3 Å². The molecule has 4 heteroatoms. The van der Waals surface area contributed by atoms with Gasteiger partial charge in [0, 0.05) is 24.9 Å². The molecule has 1 N–H and O–H groups in total. The molecule has 1 heterocycles. The summed E-state index contributed by atoms with van der Waals surface area (Å²) in [5.74, 6) is -0.0775. The molecule has 1 aromatic heterocycles. The van der Waals surface area contributed by atoms with Crippen LogP contribution >= 0.6 is 0 Å². The van der Waals surface area contributed by atoms with Gasteiger partial charge in [0.2, 0.25) is 0 Å². The standard InChI is InChI=1S/C10H15N2O2/c1-12-9(4-5-11-12)8-6-7(13)2-3-10(8)14/h4-5,7-8,10,13H,2-3,6H2,1H3/t7-,8-,10+/m1/s1. The van der Waals surface area contributed by atoms with Gasteiger partial charge in [0.1, 0.15) is 6.10 Å². The second kappa shape index (κ2) is 3.71. The number of aliphatic hydroxyl groups excluding tert-OH is 1. The van der Waals surface area contributed by atoms with Crippen molar-refractivity contribution in [2.45, 2.75) is 37.4 Å². The fourth-order valence-corrected chi connectivity index (χ4v) is 2.18. The molecule has 1 aliphatic rings. The van der Waals surface area contributed by atoms with Crippen LogP contribution in [0.4, 0.5) is 0 Å². The van der Waals surface area contributed by atoms with Gasteiger partial charge in [-0.15, -0.1) is 0 Å². The van der Waals surface area contributed by atoms with E-state index in [2.05, 4.69) is 5.10 Å². The highest BCUT2D eigenvalue weighted by Gasteiger charge is 2.32. The maximum atomic E-state index is 11.7. The van der Waals surface area contributed by atoms with Crippen molar-refractivity contribution < 1.29 is 10.2 Å². The van der Waals surface area contributed by atoms with Gasteiger partial charge in [-0.1, -0.05) is 0 Å². The Bertz CT molecular complexity index is 311. The van der Waals surface area contributed by atoms with Crippen LogP contribution in [0.25, 0.3) is 0 Å². The summed E-state index contributed by atoms with van der Waals surface area (Å²) in [6.45, 7) is 0. The maximum absolute atomic E-state index is 11.7. The molecule has 0 unspecified atom stereocenters. The Kier molecular flexibility index (Phi) is 2.56. The molecule has 1 aliphatic carbocycles. The van der Waals surface area contributed by atoms with Gasteiger partial charge >= 0.3 is 0 Å². The molecule has 0 aliphatic heterocycles. The second-order valence-electron chi connectivity index (χ2n) is 3.99. The zero-order valence-corrected chi connectivity index (χ0v) is 8.26. The average Bonchev–Trinajstić information content (AvgIpc) is 2.56. The minimum atomic E-state index is -0.589. The third kappa shape index (κ3) is 1.67. The minimum Gasteiger partial charge on any atom is -0.393 e. The van der Waals surface area contributed by atoms with E-state index in [0.717, 1.165) is 5.69 Å². The molecule has 1 radical (unpaired) electrons. The molecule has 0 spiro atoms. The van der Waals surface area contributed by atoms with Crippen molar-refractivity contribution in [3.8, 4) is 0 Å². The monoisotopic (exact) mass is 195 g/mol. The predicted molar refractivity (Wildman–Crippen MR) is 50.3 cm³/mol. The van der Waals surface area contributed by atoms with Crippen LogP contribution in [0.15, 0.2) is 12.3 Å². The van der Waals surface area contributed by atoms with Gasteiger partial charge in [0.15, 0.2) is 0 Å². The summed E-state index contributed by atoms with van der Waals surface area (Å²) in [4.78, 5) is 0. The Morgan fingerprint density at radius 2 is 2.36 bits per heavy atom. The Balaban J connectivity index is 2.20. The second-order valence-corrected chi connectivity index (χ2v) is 3.99. The van der Waals surface area contributed by atoms with Crippen LogP contribution in [0.5, 0.6) is 0 Å². The molecular formula is C10H15N2O2. The largest absolute Gasteiger partial charge is 0.393 e. The van der Waals surface area contributed by atoms with Crippen LogP contribution in [-0.4, -0.2) is 27.1 Å². The zero-order chi connectivity index (χ0) is 10.1. The van der Waals surface area contributed by atoms with E-state index in [9.17, 15) is 10.2 Å². The topological polar surface area (TPSA) is 57.9 Å². The van der Waals surface area contributed by atoms with Crippen LogP contribution in [0.3, 0.4) is 0 Å². The first-order valence-electron chi connectivity index (χ1n) is 5.00. The lowest BCUT2D eigenvalue weighted by molar-refractivity contribution is -0.00710. The Labute approximate surface area is 83.2 Å². The summed E-state index contributed by atoms with van der Waals surface area (Å²) in [6, 6.07) is 1.87. The van der Waals surface area contributed by atoms with Crippen LogP contribution < -0.4 is 0 Å². The van der Waals surface area contributed by atoms with Crippen LogP contribution in [0.1, 0.15) is 30.9 Å². The van der Waals surface area contributed by atoms with Crippen molar-refractivity contribution in [3.63, 3.8) is 0 Å². The normalized spacial score (nSPS) is 33.2. The molecule has 0 bridgehead atoms. The van der Waals surface area contributed by atoms with E-state index in [4.69, 9.17) is 0 Å². The molecule has 14 heavy (non-hydrogen) atoms. The summed E-state index contributed by atoms with van der Waals surface area (Å²) in [6.07, 6.45) is 2.57. The lowest BCUT2D eigenvalue weighted by Gasteiger charge is -2.29. The SMILES string of the molecule is Cn1nccc1[C@H]1C[C@H](O)CC[C@@H]1[O]. The molecule has 1 aromatic rings. The third-order valence-corrected chi connectivity index (χ3v) is 3.00. The Morgan fingerprint density at radius 1 is 1.57 bits per heavy atom. The average molecular weight is 195 g/mol. The van der Waals surface area contributed by atoms with Gasteiger partial charge in [-0.3, -0.25) is 4.68 Å². The first-order valence-corrected chi connectivity index (χ1v) is 5.00. The smallest absolute Gasteiger partial charge is 0.101 e. The molecule has 1 saturated carbocycles. The fourth-order valence-electron chi connectivity index (χ4n) is 2.18. The summed E-state index contributed by atoms with van der Waals surface area (Å²) < 4.78 is 1.73. The molecule has 0 aromatic carbocycles. The van der Waals surface area contributed by atoms with Crippen molar-refractivity contribution in [2.24, 2.45) is 7.05 Å². The highest BCUT2D eigenvalue weighted by Crippen LogP contribution is 2.33. The first-order chi connectivity index (χ1) is 6.68.